The number of carbonyl (C=O) groups is 1. The Morgan fingerprint density at radius 3 is 1.52 bits per heavy atom. The summed E-state index contributed by atoms with van der Waals surface area (Å²) < 4.78 is 91.1. The van der Waals surface area contributed by atoms with Crippen molar-refractivity contribution in [3.63, 3.8) is 0 Å². The minimum absolute atomic E-state index is 0.121. The molecule has 178 valence electrons. The minimum Gasteiger partial charge on any atom is -0.420 e. The maximum absolute atomic E-state index is 13.4. The molecule has 0 bridgehead atoms. The van der Waals surface area contributed by atoms with E-state index >= 15 is 0 Å². The first-order valence-electron chi connectivity index (χ1n) is 9.93. The van der Waals surface area contributed by atoms with Gasteiger partial charge in [0.25, 0.3) is 0 Å². The summed E-state index contributed by atoms with van der Waals surface area (Å²) in [5.74, 6) is -14.0. The highest BCUT2D eigenvalue weighted by molar-refractivity contribution is 5.72. The molecule has 0 radical (unpaired) electrons. The molecule has 31 heavy (non-hydrogen) atoms. The summed E-state index contributed by atoms with van der Waals surface area (Å²) in [6.07, 6.45) is 2.86. The lowest BCUT2D eigenvalue weighted by Crippen LogP contribution is -2.16. The number of rotatable bonds is 17. The van der Waals surface area contributed by atoms with Crippen molar-refractivity contribution in [2.75, 3.05) is 52.9 Å². The summed E-state index contributed by atoms with van der Waals surface area (Å²) in [6, 6.07) is 0. The number of carbonyl (C=O) groups excluding carboxylic acids is 1. The van der Waals surface area contributed by atoms with E-state index < -0.39 is 47.2 Å². The number of hydrogen-bond acceptors (Lipinski definition) is 6. The first-order chi connectivity index (χ1) is 14.9. The van der Waals surface area contributed by atoms with Crippen LogP contribution in [0.3, 0.4) is 0 Å². The molecule has 0 unspecified atom stereocenters. The summed E-state index contributed by atoms with van der Waals surface area (Å²) in [4.78, 5) is 11.5. The first-order valence-corrected chi connectivity index (χ1v) is 9.93. The lowest BCUT2D eigenvalue weighted by Gasteiger charge is -2.09. The zero-order chi connectivity index (χ0) is 23.1. The highest BCUT2D eigenvalue weighted by Gasteiger charge is 2.28. The summed E-state index contributed by atoms with van der Waals surface area (Å²) in [6.45, 7) is 4.69. The molecule has 1 aromatic carbocycles. The molecule has 0 fully saturated rings. The van der Waals surface area contributed by atoms with Crippen LogP contribution in [0.5, 0.6) is 5.75 Å². The van der Waals surface area contributed by atoms with E-state index in [-0.39, 0.29) is 19.8 Å². The van der Waals surface area contributed by atoms with Gasteiger partial charge < -0.3 is 23.7 Å². The van der Waals surface area contributed by atoms with E-state index in [1.54, 1.807) is 0 Å². The molecule has 1 rings (SSSR count). The van der Waals surface area contributed by atoms with Gasteiger partial charge in [0.2, 0.25) is 34.8 Å². The van der Waals surface area contributed by atoms with E-state index in [4.69, 9.17) is 18.9 Å². The molecular weight excluding hydrogens is 431 g/mol. The predicted octanol–water partition coefficient (Wildman–Crippen LogP) is 3.93. The van der Waals surface area contributed by atoms with Crippen molar-refractivity contribution in [2.24, 2.45) is 0 Å². The summed E-state index contributed by atoms with van der Waals surface area (Å²) in [5.41, 5.74) is 0. The van der Waals surface area contributed by atoms with Gasteiger partial charge in [-0.25, -0.2) is 13.2 Å². The molecule has 1 aromatic rings. The second-order valence-electron chi connectivity index (χ2n) is 6.28. The van der Waals surface area contributed by atoms with E-state index in [1.165, 1.54) is 0 Å². The van der Waals surface area contributed by atoms with Crippen molar-refractivity contribution in [2.45, 2.75) is 32.6 Å². The maximum atomic E-state index is 13.4. The average Bonchev–Trinajstić information content (AvgIpc) is 2.76. The molecule has 0 saturated carbocycles. The third-order valence-electron chi connectivity index (χ3n) is 3.84. The molecule has 0 saturated heterocycles. The van der Waals surface area contributed by atoms with E-state index in [9.17, 15) is 26.7 Å². The van der Waals surface area contributed by atoms with Gasteiger partial charge in [-0.2, -0.15) is 8.78 Å². The maximum Gasteiger partial charge on any atom is 0.313 e. The second kappa shape index (κ2) is 15.9. The Kier molecular flexibility index (Phi) is 14.0. The monoisotopic (exact) mass is 458 g/mol. The number of halogens is 5. The van der Waals surface area contributed by atoms with Crippen LogP contribution >= 0.6 is 0 Å². The molecule has 6 nitrogen and oxygen atoms in total. The van der Waals surface area contributed by atoms with Gasteiger partial charge in [0.1, 0.15) is 0 Å². The zero-order valence-corrected chi connectivity index (χ0v) is 17.3. The Morgan fingerprint density at radius 2 is 1.03 bits per heavy atom. The first kappa shape index (κ1) is 27.2. The predicted molar refractivity (Wildman–Crippen MR) is 99.3 cm³/mol. The summed E-state index contributed by atoms with van der Waals surface area (Å²) >= 11 is 0. The third-order valence-corrected chi connectivity index (χ3v) is 3.84. The number of ether oxygens (including phenoxy) is 5. The third kappa shape index (κ3) is 10.4. The molecule has 0 heterocycles. The topological polar surface area (TPSA) is 63.2 Å². The second-order valence-corrected chi connectivity index (χ2v) is 6.28. The van der Waals surface area contributed by atoms with Crippen molar-refractivity contribution in [1.29, 1.82) is 0 Å². The molecular formula is C20H27F5O6. The van der Waals surface area contributed by atoms with Gasteiger partial charge in [-0.05, 0) is 6.42 Å². The number of hydrogen-bond donors (Lipinski definition) is 0. The van der Waals surface area contributed by atoms with Gasteiger partial charge in [0.15, 0.2) is 0 Å². The molecule has 11 heteroatoms. The van der Waals surface area contributed by atoms with Crippen LogP contribution in [0.4, 0.5) is 22.0 Å². The van der Waals surface area contributed by atoms with Crippen molar-refractivity contribution >= 4 is 5.97 Å². The lowest BCUT2D eigenvalue weighted by atomic mass is 10.2. The van der Waals surface area contributed by atoms with Gasteiger partial charge >= 0.3 is 5.97 Å². The van der Waals surface area contributed by atoms with Crippen LogP contribution in [0.15, 0.2) is 0 Å². The van der Waals surface area contributed by atoms with Crippen molar-refractivity contribution < 1.29 is 50.4 Å². The van der Waals surface area contributed by atoms with Crippen LogP contribution in [0.25, 0.3) is 0 Å². The van der Waals surface area contributed by atoms with Crippen LogP contribution in [0.2, 0.25) is 0 Å². The smallest absolute Gasteiger partial charge is 0.313 e. The van der Waals surface area contributed by atoms with Crippen LogP contribution in [0.1, 0.15) is 32.6 Å². The standard InChI is InChI=1S/C20H27F5O6/c1-2-3-4-6-27-8-10-29-12-13-30-11-9-28-7-5-14(26)31-20-18(24)16(22)15(21)17(23)19(20)25/h2-13H2,1H3. The molecule has 0 aliphatic carbocycles. The summed E-state index contributed by atoms with van der Waals surface area (Å²) in [5, 5.41) is 0. The Bertz CT molecular complexity index is 645. The van der Waals surface area contributed by atoms with Crippen molar-refractivity contribution in [3.05, 3.63) is 29.1 Å². The van der Waals surface area contributed by atoms with E-state index in [0.717, 1.165) is 25.9 Å². The number of unbranched alkanes of at least 4 members (excludes halogenated alkanes) is 2. The Labute approximate surface area is 177 Å². The van der Waals surface area contributed by atoms with Crippen LogP contribution in [-0.4, -0.2) is 58.8 Å². The summed E-state index contributed by atoms with van der Waals surface area (Å²) in [7, 11) is 0. The number of esters is 1. The molecule has 0 amide bonds. The minimum atomic E-state index is -2.33. The van der Waals surface area contributed by atoms with Crippen molar-refractivity contribution in [1.82, 2.24) is 0 Å². The Hall–Kier alpha value is -1.82. The van der Waals surface area contributed by atoms with Crippen LogP contribution in [0, 0.1) is 29.1 Å². The molecule has 0 aromatic heterocycles. The normalized spacial score (nSPS) is 11.2. The number of benzene rings is 1. The highest BCUT2D eigenvalue weighted by Crippen LogP contribution is 2.29. The Morgan fingerprint density at radius 1 is 0.613 bits per heavy atom. The van der Waals surface area contributed by atoms with E-state index in [0.29, 0.717) is 26.4 Å². The largest absolute Gasteiger partial charge is 0.420 e. The average molecular weight is 458 g/mol. The van der Waals surface area contributed by atoms with Crippen molar-refractivity contribution in [3.8, 4) is 5.75 Å². The van der Waals surface area contributed by atoms with E-state index in [1.807, 2.05) is 0 Å². The molecule has 0 aliphatic rings. The van der Waals surface area contributed by atoms with Gasteiger partial charge in [0.05, 0.1) is 52.7 Å². The fraction of sp³-hybridized carbons (Fsp3) is 0.650. The lowest BCUT2D eigenvalue weighted by molar-refractivity contribution is -0.136. The van der Waals surface area contributed by atoms with Crippen LogP contribution in [-0.2, 0) is 23.7 Å². The SMILES string of the molecule is CCCCCOCCOCCOCCOCCC(=O)Oc1c(F)c(F)c(F)c(F)c1F. The quantitative estimate of drug-likeness (QED) is 0.0881. The highest BCUT2D eigenvalue weighted by atomic mass is 19.2. The zero-order valence-electron chi connectivity index (χ0n) is 17.3. The molecule has 0 N–H and O–H groups in total. The fourth-order valence-corrected chi connectivity index (χ4v) is 2.21. The van der Waals surface area contributed by atoms with Gasteiger partial charge in [-0.15, -0.1) is 0 Å². The molecule has 0 aliphatic heterocycles. The fourth-order valence-electron chi connectivity index (χ4n) is 2.21. The Balaban J connectivity index is 2.05. The van der Waals surface area contributed by atoms with Gasteiger partial charge in [0, 0.05) is 6.61 Å². The van der Waals surface area contributed by atoms with E-state index in [2.05, 4.69) is 11.7 Å². The van der Waals surface area contributed by atoms with Gasteiger partial charge in [-0.1, -0.05) is 19.8 Å². The molecule has 0 atom stereocenters. The molecule has 0 spiro atoms. The van der Waals surface area contributed by atoms with Gasteiger partial charge in [-0.3, -0.25) is 4.79 Å². The van der Waals surface area contributed by atoms with Crippen LogP contribution < -0.4 is 4.74 Å².